The molecular formula is C17H19N3O2S. The van der Waals surface area contributed by atoms with Gasteiger partial charge in [0.15, 0.2) is 0 Å². The van der Waals surface area contributed by atoms with E-state index >= 15 is 0 Å². The summed E-state index contributed by atoms with van der Waals surface area (Å²) in [5.74, 6) is 0. The zero-order valence-corrected chi connectivity index (χ0v) is 14.1. The SMILES string of the molecule is Cc1ccccc1NS(=O)(=O)c1cn(C(C)C)c2ncccc12. The number of sulfonamides is 1. The zero-order chi connectivity index (χ0) is 16.6. The Balaban J connectivity index is 2.14. The second kappa shape index (κ2) is 5.70. The number of rotatable bonds is 4. The number of hydrogen-bond acceptors (Lipinski definition) is 3. The van der Waals surface area contributed by atoms with Crippen molar-refractivity contribution in [2.75, 3.05) is 4.72 Å². The Morgan fingerprint density at radius 1 is 1.13 bits per heavy atom. The second-order valence-electron chi connectivity index (χ2n) is 5.79. The molecule has 1 N–H and O–H groups in total. The largest absolute Gasteiger partial charge is 0.329 e. The van der Waals surface area contributed by atoms with E-state index in [9.17, 15) is 8.42 Å². The molecule has 0 saturated heterocycles. The van der Waals surface area contributed by atoms with Crippen LogP contribution in [0.15, 0.2) is 53.7 Å². The molecule has 0 unspecified atom stereocenters. The van der Waals surface area contributed by atoms with Crippen LogP contribution in [0.2, 0.25) is 0 Å². The molecule has 0 aliphatic heterocycles. The Bertz CT molecular complexity index is 959. The molecule has 3 rings (SSSR count). The van der Waals surface area contributed by atoms with Crippen molar-refractivity contribution < 1.29 is 8.42 Å². The van der Waals surface area contributed by atoms with Crippen LogP contribution >= 0.6 is 0 Å². The van der Waals surface area contributed by atoms with Gasteiger partial charge in [0.05, 0.1) is 5.69 Å². The number of aryl methyl sites for hydroxylation is 1. The minimum atomic E-state index is -3.69. The van der Waals surface area contributed by atoms with Crippen LogP contribution in [0.1, 0.15) is 25.5 Å². The summed E-state index contributed by atoms with van der Waals surface area (Å²) in [6.45, 7) is 5.87. The summed E-state index contributed by atoms with van der Waals surface area (Å²) >= 11 is 0. The van der Waals surface area contributed by atoms with E-state index in [2.05, 4.69) is 9.71 Å². The number of anilines is 1. The van der Waals surface area contributed by atoms with Gasteiger partial charge < -0.3 is 4.57 Å². The lowest BCUT2D eigenvalue weighted by Gasteiger charge is -2.09. The van der Waals surface area contributed by atoms with Gasteiger partial charge in [-0.05, 0) is 44.5 Å². The fraction of sp³-hybridized carbons (Fsp3) is 0.235. The van der Waals surface area contributed by atoms with Gasteiger partial charge in [-0.2, -0.15) is 0 Å². The maximum atomic E-state index is 12.9. The van der Waals surface area contributed by atoms with E-state index in [-0.39, 0.29) is 10.9 Å². The van der Waals surface area contributed by atoms with Gasteiger partial charge in [-0.1, -0.05) is 18.2 Å². The van der Waals surface area contributed by atoms with Crippen molar-refractivity contribution in [2.45, 2.75) is 31.7 Å². The molecule has 3 aromatic rings. The van der Waals surface area contributed by atoms with E-state index in [4.69, 9.17) is 0 Å². The molecule has 1 aromatic carbocycles. The zero-order valence-electron chi connectivity index (χ0n) is 13.3. The highest BCUT2D eigenvalue weighted by atomic mass is 32.2. The first-order chi connectivity index (χ1) is 10.9. The number of aromatic nitrogens is 2. The lowest BCUT2D eigenvalue weighted by atomic mass is 10.2. The van der Waals surface area contributed by atoms with Crippen LogP contribution in [0.25, 0.3) is 11.0 Å². The maximum Gasteiger partial charge on any atom is 0.264 e. The molecule has 2 heterocycles. The molecule has 2 aromatic heterocycles. The van der Waals surface area contributed by atoms with Crippen LogP contribution in [-0.2, 0) is 10.0 Å². The first-order valence-electron chi connectivity index (χ1n) is 7.44. The van der Waals surface area contributed by atoms with Gasteiger partial charge in [0.2, 0.25) is 0 Å². The Morgan fingerprint density at radius 2 is 1.87 bits per heavy atom. The Kier molecular flexibility index (Phi) is 3.85. The standard InChI is InChI=1S/C17H19N3O2S/c1-12(2)20-11-16(14-8-6-10-18-17(14)20)23(21,22)19-15-9-5-4-7-13(15)3/h4-12,19H,1-3H3. The van der Waals surface area contributed by atoms with E-state index in [1.165, 1.54) is 0 Å². The smallest absolute Gasteiger partial charge is 0.264 e. The van der Waals surface area contributed by atoms with Gasteiger partial charge in [-0.15, -0.1) is 0 Å². The van der Waals surface area contributed by atoms with Crippen LogP contribution in [0, 0.1) is 6.92 Å². The van der Waals surface area contributed by atoms with Crippen molar-refractivity contribution in [3.63, 3.8) is 0 Å². The van der Waals surface area contributed by atoms with Crippen molar-refractivity contribution in [3.05, 3.63) is 54.4 Å². The predicted octanol–water partition coefficient (Wildman–Crippen LogP) is 3.73. The number of fused-ring (bicyclic) bond motifs is 1. The average molecular weight is 329 g/mol. The summed E-state index contributed by atoms with van der Waals surface area (Å²) in [7, 11) is -3.69. The minimum absolute atomic E-state index is 0.120. The molecule has 23 heavy (non-hydrogen) atoms. The molecule has 0 aliphatic carbocycles. The van der Waals surface area contributed by atoms with Gasteiger partial charge in [-0.3, -0.25) is 4.72 Å². The number of nitrogens with one attached hydrogen (secondary N) is 1. The minimum Gasteiger partial charge on any atom is -0.329 e. The average Bonchev–Trinajstić information content (AvgIpc) is 2.90. The highest BCUT2D eigenvalue weighted by Crippen LogP contribution is 2.28. The lowest BCUT2D eigenvalue weighted by Crippen LogP contribution is -2.13. The lowest BCUT2D eigenvalue weighted by molar-refractivity contribution is 0.596. The second-order valence-corrected chi connectivity index (χ2v) is 7.44. The van der Waals surface area contributed by atoms with Crippen molar-refractivity contribution >= 4 is 26.7 Å². The van der Waals surface area contributed by atoms with Gasteiger partial charge in [0, 0.05) is 23.8 Å². The van der Waals surface area contributed by atoms with E-state index < -0.39 is 10.0 Å². The molecule has 0 saturated carbocycles. The third-order valence-electron chi connectivity index (χ3n) is 3.79. The van der Waals surface area contributed by atoms with Crippen LogP contribution in [0.5, 0.6) is 0 Å². The molecule has 0 fully saturated rings. The molecule has 0 amide bonds. The summed E-state index contributed by atoms with van der Waals surface area (Å²) < 4.78 is 30.3. The maximum absolute atomic E-state index is 12.9. The first-order valence-corrected chi connectivity index (χ1v) is 8.92. The number of nitrogens with zero attached hydrogens (tertiary/aromatic N) is 2. The van der Waals surface area contributed by atoms with Crippen LogP contribution < -0.4 is 4.72 Å². The summed E-state index contributed by atoms with van der Waals surface area (Å²) in [6, 6.07) is 11.0. The van der Waals surface area contributed by atoms with E-state index in [0.29, 0.717) is 16.7 Å². The molecule has 0 bridgehead atoms. The number of benzene rings is 1. The molecule has 0 atom stereocenters. The monoisotopic (exact) mass is 329 g/mol. The molecule has 0 spiro atoms. The summed E-state index contributed by atoms with van der Waals surface area (Å²) in [6.07, 6.45) is 3.33. The Hall–Kier alpha value is -2.34. The fourth-order valence-corrected chi connectivity index (χ4v) is 3.88. The highest BCUT2D eigenvalue weighted by Gasteiger charge is 2.23. The van der Waals surface area contributed by atoms with Gasteiger partial charge in [-0.25, -0.2) is 13.4 Å². The van der Waals surface area contributed by atoms with Crippen LogP contribution in [-0.4, -0.2) is 18.0 Å². The summed E-state index contributed by atoms with van der Waals surface area (Å²) in [5, 5.41) is 0.627. The van der Waals surface area contributed by atoms with Crippen molar-refractivity contribution in [1.29, 1.82) is 0 Å². The van der Waals surface area contributed by atoms with Crippen molar-refractivity contribution in [3.8, 4) is 0 Å². The number of para-hydroxylation sites is 1. The molecule has 6 heteroatoms. The first kappa shape index (κ1) is 15.6. The van der Waals surface area contributed by atoms with E-state index in [0.717, 1.165) is 5.56 Å². The van der Waals surface area contributed by atoms with Gasteiger partial charge in [0.1, 0.15) is 10.5 Å². The summed E-state index contributed by atoms with van der Waals surface area (Å²) in [4.78, 5) is 4.58. The van der Waals surface area contributed by atoms with Gasteiger partial charge in [0.25, 0.3) is 10.0 Å². The van der Waals surface area contributed by atoms with Crippen LogP contribution in [0.3, 0.4) is 0 Å². The molecular weight excluding hydrogens is 310 g/mol. The number of hydrogen-bond donors (Lipinski definition) is 1. The fourth-order valence-electron chi connectivity index (χ4n) is 2.55. The highest BCUT2D eigenvalue weighted by molar-refractivity contribution is 7.93. The molecule has 5 nitrogen and oxygen atoms in total. The number of pyridine rings is 1. The molecule has 0 aliphatic rings. The van der Waals surface area contributed by atoms with Crippen LogP contribution in [0.4, 0.5) is 5.69 Å². The Labute approximate surface area is 136 Å². The van der Waals surface area contributed by atoms with Crippen molar-refractivity contribution in [1.82, 2.24) is 9.55 Å². The Morgan fingerprint density at radius 3 is 2.57 bits per heavy atom. The van der Waals surface area contributed by atoms with Gasteiger partial charge >= 0.3 is 0 Å². The van der Waals surface area contributed by atoms with E-state index in [1.54, 1.807) is 30.6 Å². The third kappa shape index (κ3) is 2.82. The van der Waals surface area contributed by atoms with E-state index in [1.807, 2.05) is 43.5 Å². The predicted molar refractivity (Wildman–Crippen MR) is 92.1 cm³/mol. The topological polar surface area (TPSA) is 64.0 Å². The summed E-state index contributed by atoms with van der Waals surface area (Å²) in [5.41, 5.74) is 2.14. The molecule has 0 radical (unpaired) electrons. The normalized spacial score (nSPS) is 12.0. The van der Waals surface area contributed by atoms with Crippen molar-refractivity contribution in [2.24, 2.45) is 0 Å². The third-order valence-corrected chi connectivity index (χ3v) is 5.18. The molecule has 120 valence electrons. The quantitative estimate of drug-likeness (QED) is 0.793.